The fourth-order valence-corrected chi connectivity index (χ4v) is 3.74. The Morgan fingerprint density at radius 3 is 2.16 bits per heavy atom. The summed E-state index contributed by atoms with van der Waals surface area (Å²) < 4.78 is 1.02. The monoisotopic (exact) mass is 563 g/mol. The molecule has 31 heavy (non-hydrogen) atoms. The van der Waals surface area contributed by atoms with Crippen molar-refractivity contribution >= 4 is 58.5 Å². The van der Waals surface area contributed by atoms with Gasteiger partial charge in [-0.05, 0) is 71.1 Å². The molecule has 0 heterocycles. The van der Waals surface area contributed by atoms with Crippen LogP contribution in [0.3, 0.4) is 0 Å². The summed E-state index contributed by atoms with van der Waals surface area (Å²) in [6.07, 6.45) is 3.24. The minimum absolute atomic E-state index is 0.0826. The van der Waals surface area contributed by atoms with Gasteiger partial charge in [-0.2, -0.15) is 11.8 Å². The summed E-state index contributed by atoms with van der Waals surface area (Å²) in [5.74, 6) is -1.43. The molecule has 1 rings (SSSR count). The van der Waals surface area contributed by atoms with Crippen molar-refractivity contribution in [1.82, 2.24) is 16.0 Å². The first-order chi connectivity index (χ1) is 14.7. The second-order valence-electron chi connectivity index (χ2n) is 7.54. The molecule has 0 aliphatic heterocycles. The van der Waals surface area contributed by atoms with Crippen molar-refractivity contribution in [3.8, 4) is 0 Å². The molecular formula is C21H30IN3O5S. The van der Waals surface area contributed by atoms with Crippen LogP contribution >= 0.6 is 34.4 Å². The van der Waals surface area contributed by atoms with Crippen molar-refractivity contribution in [3.63, 3.8) is 0 Å². The number of halogens is 1. The van der Waals surface area contributed by atoms with Crippen LogP contribution in [0.5, 0.6) is 0 Å². The van der Waals surface area contributed by atoms with Gasteiger partial charge in [-0.15, -0.1) is 0 Å². The zero-order valence-electron chi connectivity index (χ0n) is 17.9. The van der Waals surface area contributed by atoms with E-state index in [1.54, 1.807) is 11.8 Å². The lowest BCUT2D eigenvalue weighted by molar-refractivity contribution is -0.142. The standard InChI is InChI=1S/C21H30IN3O5S/c1-13(2)10-17(24-19(27)16(23-12-26)8-9-31-3)20(28)25-18(21(29)30)11-14-4-6-15(22)7-5-14/h4-7,12-13,16-18H,8-11H2,1-3H3,(H,23,26)(H,24,27)(H,25,28)(H,29,30)/t16-,17-,18-/m1/s1. The van der Waals surface area contributed by atoms with E-state index >= 15 is 0 Å². The normalized spacial score (nSPS) is 13.7. The van der Waals surface area contributed by atoms with Gasteiger partial charge in [-0.1, -0.05) is 26.0 Å². The van der Waals surface area contributed by atoms with E-state index in [0.717, 1.165) is 9.13 Å². The van der Waals surface area contributed by atoms with Crippen molar-refractivity contribution in [3.05, 3.63) is 33.4 Å². The molecule has 3 amide bonds. The van der Waals surface area contributed by atoms with Gasteiger partial charge in [0.2, 0.25) is 18.2 Å². The fraction of sp³-hybridized carbons (Fsp3) is 0.524. The highest BCUT2D eigenvalue weighted by molar-refractivity contribution is 14.1. The van der Waals surface area contributed by atoms with E-state index in [9.17, 15) is 24.3 Å². The number of thioether (sulfide) groups is 1. The second kappa shape index (κ2) is 14.3. The van der Waals surface area contributed by atoms with Gasteiger partial charge in [0.1, 0.15) is 18.1 Å². The molecule has 4 N–H and O–H groups in total. The maximum Gasteiger partial charge on any atom is 0.326 e. The van der Waals surface area contributed by atoms with Crippen LogP contribution in [-0.4, -0.2) is 59.4 Å². The maximum atomic E-state index is 12.9. The van der Waals surface area contributed by atoms with Gasteiger partial charge < -0.3 is 21.1 Å². The van der Waals surface area contributed by atoms with Crippen molar-refractivity contribution in [2.24, 2.45) is 5.92 Å². The highest BCUT2D eigenvalue weighted by Crippen LogP contribution is 2.11. The number of carbonyl (C=O) groups is 4. The van der Waals surface area contributed by atoms with Crippen LogP contribution in [0.1, 0.15) is 32.3 Å². The van der Waals surface area contributed by atoms with E-state index in [0.29, 0.717) is 25.0 Å². The molecule has 0 aliphatic carbocycles. The summed E-state index contributed by atoms with van der Waals surface area (Å²) in [6.45, 7) is 3.81. The molecule has 0 fully saturated rings. The molecule has 10 heteroatoms. The lowest BCUT2D eigenvalue weighted by Crippen LogP contribution is -2.55. The average Bonchev–Trinajstić information content (AvgIpc) is 2.71. The Balaban J connectivity index is 2.90. The summed E-state index contributed by atoms with van der Waals surface area (Å²) in [6, 6.07) is 4.59. The van der Waals surface area contributed by atoms with Crippen molar-refractivity contribution in [2.45, 2.75) is 51.2 Å². The molecular weight excluding hydrogens is 533 g/mol. The van der Waals surface area contributed by atoms with Crippen LogP contribution in [0.15, 0.2) is 24.3 Å². The average molecular weight is 563 g/mol. The smallest absolute Gasteiger partial charge is 0.326 e. The number of rotatable bonds is 14. The molecule has 0 unspecified atom stereocenters. The summed E-state index contributed by atoms with van der Waals surface area (Å²) in [5, 5.41) is 17.3. The van der Waals surface area contributed by atoms with Gasteiger partial charge in [0, 0.05) is 9.99 Å². The van der Waals surface area contributed by atoms with Crippen LogP contribution < -0.4 is 16.0 Å². The molecule has 1 aromatic rings. The highest BCUT2D eigenvalue weighted by Gasteiger charge is 2.29. The molecule has 1 aromatic carbocycles. The minimum atomic E-state index is -1.15. The molecule has 0 bridgehead atoms. The minimum Gasteiger partial charge on any atom is -0.480 e. The van der Waals surface area contributed by atoms with Gasteiger partial charge in [0.15, 0.2) is 0 Å². The first-order valence-electron chi connectivity index (χ1n) is 9.94. The van der Waals surface area contributed by atoms with E-state index in [2.05, 4.69) is 38.5 Å². The Labute approximate surface area is 200 Å². The van der Waals surface area contributed by atoms with Gasteiger partial charge in [0.05, 0.1) is 0 Å². The number of carboxylic acids is 1. The number of carbonyl (C=O) groups excluding carboxylic acids is 3. The Hall–Kier alpha value is -1.82. The van der Waals surface area contributed by atoms with E-state index < -0.39 is 35.9 Å². The fourth-order valence-electron chi connectivity index (χ4n) is 2.91. The Kier molecular flexibility index (Phi) is 12.5. The van der Waals surface area contributed by atoms with Gasteiger partial charge in [-0.25, -0.2) is 4.79 Å². The lowest BCUT2D eigenvalue weighted by atomic mass is 10.0. The van der Waals surface area contributed by atoms with E-state index in [-0.39, 0.29) is 12.3 Å². The molecule has 172 valence electrons. The van der Waals surface area contributed by atoms with Gasteiger partial charge in [-0.3, -0.25) is 14.4 Å². The maximum absolute atomic E-state index is 12.9. The molecule has 0 saturated carbocycles. The number of hydrogen-bond donors (Lipinski definition) is 4. The summed E-state index contributed by atoms with van der Waals surface area (Å²) in [7, 11) is 0. The highest BCUT2D eigenvalue weighted by atomic mass is 127. The number of benzene rings is 1. The van der Waals surface area contributed by atoms with Crippen LogP contribution in [0.25, 0.3) is 0 Å². The molecule has 0 aromatic heterocycles. The zero-order valence-corrected chi connectivity index (χ0v) is 20.9. The van der Waals surface area contributed by atoms with E-state index in [1.165, 1.54) is 0 Å². The quantitative estimate of drug-likeness (QED) is 0.202. The first-order valence-corrected chi connectivity index (χ1v) is 12.4. The number of carboxylic acid groups (broad SMARTS) is 1. The van der Waals surface area contributed by atoms with E-state index in [1.807, 2.05) is 44.4 Å². The molecule has 0 spiro atoms. The van der Waals surface area contributed by atoms with Crippen LogP contribution in [0.4, 0.5) is 0 Å². The second-order valence-corrected chi connectivity index (χ2v) is 9.77. The Bertz CT molecular complexity index is 745. The molecule has 0 radical (unpaired) electrons. The van der Waals surface area contributed by atoms with Gasteiger partial charge in [0.25, 0.3) is 0 Å². The third-order valence-electron chi connectivity index (χ3n) is 4.50. The van der Waals surface area contributed by atoms with Crippen LogP contribution in [-0.2, 0) is 25.6 Å². The molecule has 0 saturated heterocycles. The number of hydrogen-bond acceptors (Lipinski definition) is 5. The number of amides is 3. The predicted octanol–water partition coefficient (Wildman–Crippen LogP) is 1.80. The SMILES string of the molecule is CSCC[C@@H](NC=O)C(=O)N[C@H](CC(C)C)C(=O)N[C@H](Cc1ccc(I)cc1)C(=O)O. The molecule has 8 nitrogen and oxygen atoms in total. The number of aliphatic carboxylic acids is 1. The lowest BCUT2D eigenvalue weighted by Gasteiger charge is -2.25. The van der Waals surface area contributed by atoms with Crippen LogP contribution in [0, 0.1) is 9.49 Å². The molecule has 0 aliphatic rings. The zero-order chi connectivity index (χ0) is 23.4. The Morgan fingerprint density at radius 2 is 1.65 bits per heavy atom. The summed E-state index contributed by atoms with van der Waals surface area (Å²) in [5.41, 5.74) is 0.782. The predicted molar refractivity (Wildman–Crippen MR) is 130 cm³/mol. The third kappa shape index (κ3) is 10.4. The van der Waals surface area contributed by atoms with Crippen molar-refractivity contribution < 1.29 is 24.3 Å². The van der Waals surface area contributed by atoms with Crippen molar-refractivity contribution in [2.75, 3.05) is 12.0 Å². The topological polar surface area (TPSA) is 125 Å². The molecule has 3 atom stereocenters. The van der Waals surface area contributed by atoms with Crippen LogP contribution in [0.2, 0.25) is 0 Å². The first kappa shape index (κ1) is 27.2. The number of nitrogens with one attached hydrogen (secondary N) is 3. The summed E-state index contributed by atoms with van der Waals surface area (Å²) >= 11 is 3.70. The summed E-state index contributed by atoms with van der Waals surface area (Å²) in [4.78, 5) is 48.1. The van der Waals surface area contributed by atoms with Gasteiger partial charge >= 0.3 is 5.97 Å². The van der Waals surface area contributed by atoms with E-state index in [4.69, 9.17) is 0 Å². The largest absolute Gasteiger partial charge is 0.480 e. The van der Waals surface area contributed by atoms with Crippen molar-refractivity contribution in [1.29, 1.82) is 0 Å². The third-order valence-corrected chi connectivity index (χ3v) is 5.87. The Morgan fingerprint density at radius 1 is 1.06 bits per heavy atom.